The normalized spacial score (nSPS) is 42.2. The van der Waals surface area contributed by atoms with Crippen molar-refractivity contribution in [1.29, 1.82) is 0 Å². The highest BCUT2D eigenvalue weighted by Gasteiger charge is 2.56. The summed E-state index contributed by atoms with van der Waals surface area (Å²) in [6, 6.07) is -1.38. The molecule has 2 fully saturated rings. The molecule has 0 aromatic carbocycles. The van der Waals surface area contributed by atoms with Gasteiger partial charge in [-0.25, -0.2) is 4.79 Å². The van der Waals surface area contributed by atoms with Crippen LogP contribution in [0, 0.1) is 0 Å². The quantitative estimate of drug-likeness (QED) is 0.158. The van der Waals surface area contributed by atoms with E-state index in [-0.39, 0.29) is 0 Å². The number of rotatable bonds is 8. The van der Waals surface area contributed by atoms with E-state index >= 15 is 0 Å². The highest BCUT2D eigenvalue weighted by Crippen LogP contribution is 2.34. The third-order valence-corrected chi connectivity index (χ3v) is 5.35. The van der Waals surface area contributed by atoms with E-state index in [9.17, 15) is 50.4 Å². The maximum absolute atomic E-state index is 11.9. The lowest BCUT2D eigenvalue weighted by atomic mass is 9.90. The van der Waals surface area contributed by atoms with Gasteiger partial charge in [0.15, 0.2) is 6.29 Å². The van der Waals surface area contributed by atoms with Gasteiger partial charge < -0.3 is 65.5 Å². The van der Waals surface area contributed by atoms with Gasteiger partial charge in [0.1, 0.15) is 48.8 Å². The van der Waals surface area contributed by atoms with E-state index < -0.39 is 98.5 Å². The van der Waals surface area contributed by atoms with Crippen LogP contribution in [0.1, 0.15) is 13.3 Å². The summed E-state index contributed by atoms with van der Waals surface area (Å²) >= 11 is 0. The number of carboxylic acid groups (broad SMARTS) is 1. The first-order valence-corrected chi connectivity index (χ1v) is 9.69. The van der Waals surface area contributed by atoms with Crippen LogP contribution < -0.4 is 5.32 Å². The smallest absolute Gasteiger partial charge is 0.364 e. The van der Waals surface area contributed by atoms with Crippen LogP contribution in [0.4, 0.5) is 0 Å². The highest BCUT2D eigenvalue weighted by molar-refractivity contribution is 5.76. The second-order valence-corrected chi connectivity index (χ2v) is 7.73. The summed E-state index contributed by atoms with van der Waals surface area (Å²) in [5.41, 5.74) is 0. The first kappa shape index (κ1) is 26.7. The number of aliphatic hydroxyl groups is 8. The molecule has 0 bridgehead atoms. The number of carboxylic acids is 1. The van der Waals surface area contributed by atoms with Gasteiger partial charge in [-0.1, -0.05) is 0 Å². The standard InChI is InChI=1S/C17H29NO14/c1-5(20)18-9-13(26)12(25)8(31-15(9)27)4-30-17(16(28)29)2-6(21)10(23)14(32-17)11(24)7(22)3-19/h6-15,19,21-27H,2-4H2,1H3,(H,18,20)(H,28,29)/t6-,7+,8+,9+,10+,11+,12-,13+,14+,15?,17+/m0/s1. The number of aliphatic carboxylic acids is 1. The Morgan fingerprint density at radius 2 is 1.75 bits per heavy atom. The molecule has 0 radical (unpaired) electrons. The molecule has 32 heavy (non-hydrogen) atoms. The van der Waals surface area contributed by atoms with Crippen LogP contribution in [-0.2, 0) is 23.8 Å². The zero-order chi connectivity index (χ0) is 24.4. The van der Waals surface area contributed by atoms with Crippen LogP contribution in [-0.4, -0.2) is 138 Å². The number of carbonyl (C=O) groups is 2. The molecule has 2 heterocycles. The van der Waals surface area contributed by atoms with Crippen molar-refractivity contribution < 1.29 is 69.8 Å². The Hall–Kier alpha value is -1.50. The topological polar surface area (TPSA) is 256 Å². The molecule has 1 unspecified atom stereocenters. The van der Waals surface area contributed by atoms with Gasteiger partial charge in [0.2, 0.25) is 5.91 Å². The number of aliphatic hydroxyl groups excluding tert-OH is 8. The molecular weight excluding hydrogens is 442 g/mol. The fourth-order valence-electron chi connectivity index (χ4n) is 3.54. The SMILES string of the molecule is CC(=O)N[C@H]1C(O)O[C@H](CO[C@]2(C(=O)O)C[C@H](O)[C@@H](O)[C@H]([C@H](O)[C@H](O)CO)O2)[C@H](O)[C@@H]1O. The Bertz CT molecular complexity index is 665. The van der Waals surface area contributed by atoms with Crippen LogP contribution >= 0.6 is 0 Å². The summed E-state index contributed by atoms with van der Waals surface area (Å²) in [6.45, 7) is -0.670. The van der Waals surface area contributed by atoms with Gasteiger partial charge in [-0.2, -0.15) is 0 Å². The molecule has 2 rings (SSSR count). The van der Waals surface area contributed by atoms with E-state index in [4.69, 9.17) is 19.3 Å². The van der Waals surface area contributed by atoms with Gasteiger partial charge in [0, 0.05) is 13.3 Å². The van der Waals surface area contributed by atoms with Gasteiger partial charge in [-0.05, 0) is 0 Å². The van der Waals surface area contributed by atoms with Crippen LogP contribution in [0.5, 0.6) is 0 Å². The molecule has 2 aliphatic rings. The molecule has 10 N–H and O–H groups in total. The van der Waals surface area contributed by atoms with Crippen LogP contribution in [0.2, 0.25) is 0 Å². The summed E-state index contributed by atoms with van der Waals surface area (Å²) in [5.74, 6) is -5.13. The average molecular weight is 471 g/mol. The molecule has 15 heteroatoms. The molecule has 11 atom stereocenters. The Labute approximate surface area is 181 Å². The van der Waals surface area contributed by atoms with Crippen molar-refractivity contribution in [2.75, 3.05) is 13.2 Å². The number of hydrogen-bond acceptors (Lipinski definition) is 13. The summed E-state index contributed by atoms with van der Waals surface area (Å²) < 4.78 is 15.5. The molecule has 0 aromatic rings. The summed E-state index contributed by atoms with van der Waals surface area (Å²) in [5, 5.41) is 91.0. The number of ether oxygens (including phenoxy) is 3. The minimum absolute atomic E-state index is 0.624. The summed E-state index contributed by atoms with van der Waals surface area (Å²) in [4.78, 5) is 23.1. The van der Waals surface area contributed by atoms with Gasteiger partial charge in [0.25, 0.3) is 5.79 Å². The zero-order valence-electron chi connectivity index (χ0n) is 17.0. The summed E-state index contributed by atoms with van der Waals surface area (Å²) in [7, 11) is 0. The van der Waals surface area contributed by atoms with Gasteiger partial charge in [-0.15, -0.1) is 0 Å². The average Bonchev–Trinajstić information content (AvgIpc) is 2.73. The second-order valence-electron chi connectivity index (χ2n) is 7.73. The second kappa shape index (κ2) is 10.6. The van der Waals surface area contributed by atoms with E-state index in [0.29, 0.717) is 0 Å². The van der Waals surface area contributed by atoms with Gasteiger partial charge in [0.05, 0.1) is 19.3 Å². The molecule has 0 aliphatic carbocycles. The van der Waals surface area contributed by atoms with Crippen LogP contribution in [0.25, 0.3) is 0 Å². The minimum Gasteiger partial charge on any atom is -0.477 e. The maximum Gasteiger partial charge on any atom is 0.364 e. The Morgan fingerprint density at radius 1 is 1.12 bits per heavy atom. The lowest BCUT2D eigenvalue weighted by Gasteiger charge is -2.46. The van der Waals surface area contributed by atoms with E-state index in [2.05, 4.69) is 5.32 Å². The minimum atomic E-state index is -2.70. The third kappa shape index (κ3) is 5.52. The maximum atomic E-state index is 11.9. The lowest BCUT2D eigenvalue weighted by Crippen LogP contribution is -2.66. The van der Waals surface area contributed by atoms with Gasteiger partial charge >= 0.3 is 5.97 Å². The predicted molar refractivity (Wildman–Crippen MR) is 97.4 cm³/mol. The first-order chi connectivity index (χ1) is 14.8. The first-order valence-electron chi connectivity index (χ1n) is 9.69. The van der Waals surface area contributed by atoms with Crippen molar-refractivity contribution in [3.05, 3.63) is 0 Å². The number of hydrogen-bond donors (Lipinski definition) is 10. The van der Waals surface area contributed by atoms with E-state index in [1.54, 1.807) is 0 Å². The van der Waals surface area contributed by atoms with Crippen molar-refractivity contribution >= 4 is 11.9 Å². The van der Waals surface area contributed by atoms with Crippen molar-refractivity contribution in [3.63, 3.8) is 0 Å². The highest BCUT2D eigenvalue weighted by atomic mass is 16.7. The van der Waals surface area contributed by atoms with E-state index in [1.165, 1.54) is 0 Å². The summed E-state index contributed by atoms with van der Waals surface area (Å²) in [6.07, 6.45) is -17.0. The Balaban J connectivity index is 2.17. The van der Waals surface area contributed by atoms with Crippen LogP contribution in [0.15, 0.2) is 0 Å². The van der Waals surface area contributed by atoms with Crippen molar-refractivity contribution in [2.45, 2.75) is 80.3 Å². The third-order valence-electron chi connectivity index (χ3n) is 5.35. The molecular formula is C17H29NO14. The molecule has 186 valence electrons. The zero-order valence-corrected chi connectivity index (χ0v) is 17.0. The van der Waals surface area contributed by atoms with E-state index in [1.807, 2.05) is 0 Å². The number of nitrogens with one attached hydrogen (secondary N) is 1. The molecule has 1 amide bonds. The van der Waals surface area contributed by atoms with Crippen LogP contribution in [0.3, 0.4) is 0 Å². The largest absolute Gasteiger partial charge is 0.477 e. The fraction of sp³-hybridized carbons (Fsp3) is 0.882. The molecule has 2 aliphatic heterocycles. The van der Waals surface area contributed by atoms with Crippen molar-refractivity contribution in [1.82, 2.24) is 5.32 Å². The fourth-order valence-corrected chi connectivity index (χ4v) is 3.54. The number of amides is 1. The molecule has 0 saturated carbocycles. The van der Waals surface area contributed by atoms with E-state index in [0.717, 1.165) is 6.92 Å². The van der Waals surface area contributed by atoms with Crippen molar-refractivity contribution in [2.24, 2.45) is 0 Å². The lowest BCUT2D eigenvalue weighted by molar-refractivity contribution is -0.340. The molecule has 15 nitrogen and oxygen atoms in total. The molecule has 0 spiro atoms. The van der Waals surface area contributed by atoms with Gasteiger partial charge in [-0.3, -0.25) is 4.79 Å². The Kier molecular flexibility index (Phi) is 8.88. The number of carbonyl (C=O) groups excluding carboxylic acids is 1. The molecule has 0 aromatic heterocycles. The predicted octanol–water partition coefficient (Wildman–Crippen LogP) is -6.05. The molecule has 2 saturated heterocycles. The van der Waals surface area contributed by atoms with Crippen molar-refractivity contribution in [3.8, 4) is 0 Å². The monoisotopic (exact) mass is 471 g/mol. The Morgan fingerprint density at radius 3 is 2.28 bits per heavy atom.